The molecular weight excluding hydrogens is 272 g/mol. The number of rotatable bonds is 5. The fraction of sp³-hybridized carbons (Fsp3) is 0.632. The minimum Gasteiger partial charge on any atom is -0.348 e. The Hall–Kier alpha value is -1.35. The van der Waals surface area contributed by atoms with Crippen LogP contribution in [0.15, 0.2) is 18.2 Å². The molecular formula is C19H31N2O+. The van der Waals surface area contributed by atoms with Crippen molar-refractivity contribution in [3.63, 3.8) is 0 Å². The summed E-state index contributed by atoms with van der Waals surface area (Å²) in [6.07, 6.45) is 4.95. The second kappa shape index (κ2) is 7.77. The van der Waals surface area contributed by atoms with Crippen LogP contribution in [0, 0.1) is 19.8 Å². The quantitative estimate of drug-likeness (QED) is 0.857. The Kier molecular flexibility index (Phi) is 6.01. The second-order valence-corrected chi connectivity index (χ2v) is 7.18. The lowest BCUT2D eigenvalue weighted by molar-refractivity contribution is -0.885. The summed E-state index contributed by atoms with van der Waals surface area (Å²) < 4.78 is 0. The molecule has 1 aliphatic carbocycles. The summed E-state index contributed by atoms with van der Waals surface area (Å²) in [6, 6.07) is 6.94. The molecule has 122 valence electrons. The molecule has 2 N–H and O–H groups in total. The van der Waals surface area contributed by atoms with Gasteiger partial charge in [-0.15, -0.1) is 0 Å². The van der Waals surface area contributed by atoms with Crippen molar-refractivity contribution in [2.45, 2.75) is 59.0 Å². The number of nitrogens with one attached hydrogen (secondary N) is 2. The number of carbonyl (C=O) groups is 1. The summed E-state index contributed by atoms with van der Waals surface area (Å²) in [7, 11) is 2.10. The highest BCUT2D eigenvalue weighted by Gasteiger charge is 2.23. The lowest BCUT2D eigenvalue weighted by Gasteiger charge is -2.29. The van der Waals surface area contributed by atoms with Crippen LogP contribution in [0.2, 0.25) is 0 Å². The second-order valence-electron chi connectivity index (χ2n) is 7.18. The highest BCUT2D eigenvalue weighted by atomic mass is 16.2. The van der Waals surface area contributed by atoms with Crippen LogP contribution < -0.4 is 10.2 Å². The van der Waals surface area contributed by atoms with Crippen molar-refractivity contribution in [2.24, 2.45) is 5.92 Å². The van der Waals surface area contributed by atoms with E-state index < -0.39 is 0 Å². The Balaban J connectivity index is 1.83. The van der Waals surface area contributed by atoms with Gasteiger partial charge in [-0.05, 0) is 38.2 Å². The molecule has 22 heavy (non-hydrogen) atoms. The van der Waals surface area contributed by atoms with E-state index in [1.54, 1.807) is 0 Å². The van der Waals surface area contributed by atoms with Crippen LogP contribution in [-0.4, -0.2) is 25.5 Å². The Morgan fingerprint density at radius 1 is 1.27 bits per heavy atom. The van der Waals surface area contributed by atoms with Gasteiger partial charge in [0, 0.05) is 11.6 Å². The minimum absolute atomic E-state index is 0.195. The molecule has 3 nitrogen and oxygen atoms in total. The smallest absolute Gasteiger partial charge is 0.275 e. The maximum absolute atomic E-state index is 12.3. The lowest BCUT2D eigenvalue weighted by atomic mass is 9.86. The molecule has 2 rings (SSSR count). The van der Waals surface area contributed by atoms with E-state index in [-0.39, 0.29) is 5.91 Å². The van der Waals surface area contributed by atoms with Crippen LogP contribution in [0.5, 0.6) is 0 Å². The number of quaternary nitrogens is 1. The third kappa shape index (κ3) is 4.84. The summed E-state index contributed by atoms with van der Waals surface area (Å²) in [4.78, 5) is 13.5. The largest absolute Gasteiger partial charge is 0.348 e. The van der Waals surface area contributed by atoms with Crippen molar-refractivity contribution in [3.8, 4) is 0 Å². The van der Waals surface area contributed by atoms with Crippen LogP contribution >= 0.6 is 0 Å². The van der Waals surface area contributed by atoms with Gasteiger partial charge in [0.1, 0.15) is 6.54 Å². The highest BCUT2D eigenvalue weighted by molar-refractivity contribution is 5.77. The summed E-state index contributed by atoms with van der Waals surface area (Å²) >= 11 is 0. The summed E-state index contributed by atoms with van der Waals surface area (Å²) in [6.45, 7) is 7.98. The standard InChI is InChI=1S/C19H30N2O/c1-14-9-10-17(16(3)11-14)12-21(4)13-19(22)20-18-8-6-5-7-15(18)2/h9-11,15,18H,5-8,12-13H2,1-4H3,(H,20,22)/p+1/t15-,18-/m0/s1. The summed E-state index contributed by atoms with van der Waals surface area (Å²) in [5, 5.41) is 3.25. The highest BCUT2D eigenvalue weighted by Crippen LogP contribution is 2.23. The normalized spacial score (nSPS) is 23.1. The lowest BCUT2D eigenvalue weighted by Crippen LogP contribution is -3.09. The van der Waals surface area contributed by atoms with Gasteiger partial charge in [0.05, 0.1) is 7.05 Å². The van der Waals surface area contributed by atoms with E-state index in [1.807, 2.05) is 0 Å². The number of aryl methyl sites for hydroxylation is 2. The Morgan fingerprint density at radius 2 is 2.00 bits per heavy atom. The maximum atomic E-state index is 12.3. The van der Waals surface area contributed by atoms with Crippen LogP contribution in [0.3, 0.4) is 0 Å². The molecule has 0 saturated heterocycles. The third-order valence-corrected chi connectivity index (χ3v) is 4.91. The Morgan fingerprint density at radius 3 is 2.68 bits per heavy atom. The predicted molar refractivity (Wildman–Crippen MR) is 90.9 cm³/mol. The molecule has 1 aromatic rings. The zero-order valence-electron chi connectivity index (χ0n) is 14.5. The number of likely N-dealkylation sites (N-methyl/N-ethyl adjacent to an activating group) is 1. The zero-order valence-corrected chi connectivity index (χ0v) is 14.5. The minimum atomic E-state index is 0.195. The molecule has 3 atom stereocenters. The van der Waals surface area contributed by atoms with Crippen molar-refractivity contribution >= 4 is 5.91 Å². The van der Waals surface area contributed by atoms with Gasteiger partial charge < -0.3 is 10.2 Å². The Labute approximate surface area is 135 Å². The average Bonchev–Trinajstić information content (AvgIpc) is 2.44. The monoisotopic (exact) mass is 303 g/mol. The molecule has 0 spiro atoms. The van der Waals surface area contributed by atoms with E-state index in [2.05, 4.69) is 51.3 Å². The van der Waals surface area contributed by atoms with Crippen LogP contribution in [0.25, 0.3) is 0 Å². The van der Waals surface area contributed by atoms with Crippen molar-refractivity contribution in [2.75, 3.05) is 13.6 Å². The molecule has 0 radical (unpaired) electrons. The zero-order chi connectivity index (χ0) is 16.1. The molecule has 1 unspecified atom stereocenters. The molecule has 0 heterocycles. The SMILES string of the molecule is Cc1ccc(C[NH+](C)CC(=O)N[C@H]2CCCC[C@@H]2C)c(C)c1. The molecule has 1 saturated carbocycles. The van der Waals surface area contributed by atoms with Gasteiger partial charge in [0.25, 0.3) is 5.91 Å². The first-order valence-electron chi connectivity index (χ1n) is 8.62. The van der Waals surface area contributed by atoms with Gasteiger partial charge in [0.15, 0.2) is 6.54 Å². The number of hydrogen-bond acceptors (Lipinski definition) is 1. The van der Waals surface area contributed by atoms with Gasteiger partial charge in [-0.2, -0.15) is 0 Å². The molecule has 0 aromatic heterocycles. The fourth-order valence-corrected chi connectivity index (χ4v) is 3.49. The van der Waals surface area contributed by atoms with Crippen molar-refractivity contribution in [1.29, 1.82) is 0 Å². The fourth-order valence-electron chi connectivity index (χ4n) is 3.49. The first-order valence-corrected chi connectivity index (χ1v) is 8.62. The van der Waals surface area contributed by atoms with Crippen LogP contribution in [-0.2, 0) is 11.3 Å². The van der Waals surface area contributed by atoms with E-state index in [0.717, 1.165) is 13.0 Å². The van der Waals surface area contributed by atoms with Crippen LogP contribution in [0.1, 0.15) is 49.3 Å². The summed E-state index contributed by atoms with van der Waals surface area (Å²) in [5.41, 5.74) is 3.95. The van der Waals surface area contributed by atoms with Crippen molar-refractivity contribution in [1.82, 2.24) is 5.32 Å². The van der Waals surface area contributed by atoms with Crippen LogP contribution in [0.4, 0.5) is 0 Å². The maximum Gasteiger partial charge on any atom is 0.275 e. The van der Waals surface area contributed by atoms with Gasteiger partial charge in [-0.3, -0.25) is 4.79 Å². The van der Waals surface area contributed by atoms with Gasteiger partial charge in [0.2, 0.25) is 0 Å². The average molecular weight is 303 g/mol. The molecule has 1 aliphatic rings. The third-order valence-electron chi connectivity index (χ3n) is 4.91. The Bertz CT molecular complexity index is 512. The molecule has 1 amide bonds. The molecule has 0 aliphatic heterocycles. The molecule has 0 bridgehead atoms. The van der Waals surface area contributed by atoms with E-state index in [0.29, 0.717) is 18.5 Å². The van der Waals surface area contributed by atoms with Crippen molar-refractivity contribution in [3.05, 3.63) is 34.9 Å². The number of hydrogen-bond donors (Lipinski definition) is 2. The number of carbonyl (C=O) groups excluding carboxylic acids is 1. The first-order chi connectivity index (χ1) is 10.5. The first kappa shape index (κ1) is 17.0. The molecule has 3 heteroatoms. The number of benzene rings is 1. The van der Waals surface area contributed by atoms with Gasteiger partial charge in [-0.25, -0.2) is 0 Å². The van der Waals surface area contributed by atoms with E-state index >= 15 is 0 Å². The van der Waals surface area contributed by atoms with Gasteiger partial charge >= 0.3 is 0 Å². The molecule has 1 fully saturated rings. The summed E-state index contributed by atoms with van der Waals surface area (Å²) in [5.74, 6) is 0.818. The van der Waals surface area contributed by atoms with E-state index in [4.69, 9.17) is 0 Å². The van der Waals surface area contributed by atoms with E-state index in [9.17, 15) is 4.79 Å². The van der Waals surface area contributed by atoms with Gasteiger partial charge in [-0.1, -0.05) is 43.5 Å². The van der Waals surface area contributed by atoms with E-state index in [1.165, 1.54) is 40.9 Å². The topological polar surface area (TPSA) is 33.5 Å². The van der Waals surface area contributed by atoms with Crippen molar-refractivity contribution < 1.29 is 9.69 Å². The number of amides is 1. The predicted octanol–water partition coefficient (Wildman–Crippen LogP) is 2.01. The molecule has 1 aromatic carbocycles.